The number of carbonyl (C=O) groups is 1. The van der Waals surface area contributed by atoms with Gasteiger partial charge in [0.05, 0.1) is 6.54 Å². The quantitative estimate of drug-likeness (QED) is 0.390. The van der Waals surface area contributed by atoms with Crippen LogP contribution in [0.2, 0.25) is 5.02 Å². The molecule has 1 saturated heterocycles. The van der Waals surface area contributed by atoms with E-state index in [1.54, 1.807) is 7.05 Å². The smallest absolute Gasteiger partial charge is 0.242 e. The summed E-state index contributed by atoms with van der Waals surface area (Å²) < 4.78 is 0. The molecule has 0 saturated carbocycles. The third kappa shape index (κ3) is 7.50. The fourth-order valence-electron chi connectivity index (χ4n) is 2.94. The number of hydrogen-bond donors (Lipinski definition) is 2. The molecular weight excluding hydrogens is 382 g/mol. The minimum absolute atomic E-state index is 0.107. The fourth-order valence-corrected chi connectivity index (χ4v) is 3.55. The maximum atomic E-state index is 12.5. The molecule has 2 N–H and O–H groups in total. The minimum Gasteiger partial charge on any atom is -0.368 e. The largest absolute Gasteiger partial charge is 0.368 e. The highest BCUT2D eigenvalue weighted by Gasteiger charge is 2.21. The van der Waals surface area contributed by atoms with E-state index in [-0.39, 0.29) is 12.5 Å². The summed E-state index contributed by atoms with van der Waals surface area (Å²) in [5.74, 6) is 1.97. The number of rotatable bonds is 8. The van der Waals surface area contributed by atoms with Gasteiger partial charge in [-0.15, -0.1) is 0 Å². The van der Waals surface area contributed by atoms with Gasteiger partial charge >= 0.3 is 0 Å². The molecule has 27 heavy (non-hydrogen) atoms. The summed E-state index contributed by atoms with van der Waals surface area (Å²) in [5.41, 5.74) is 1.15. The fraction of sp³-hybridized carbons (Fsp3) is 0.579. The van der Waals surface area contributed by atoms with Gasteiger partial charge in [-0.3, -0.25) is 9.79 Å². The highest BCUT2D eigenvalue weighted by Crippen LogP contribution is 2.19. The maximum absolute atomic E-state index is 12.5. The van der Waals surface area contributed by atoms with Gasteiger partial charge in [0.25, 0.3) is 0 Å². The van der Waals surface area contributed by atoms with Crippen molar-refractivity contribution in [1.82, 2.24) is 15.5 Å². The molecule has 6 nitrogen and oxygen atoms in total. The Morgan fingerprint density at radius 2 is 1.85 bits per heavy atom. The lowest BCUT2D eigenvalue weighted by molar-refractivity contribution is -0.130. The molecule has 1 fully saturated rings. The Morgan fingerprint density at radius 3 is 2.48 bits per heavy atom. The Morgan fingerprint density at radius 1 is 1.15 bits per heavy atom. The van der Waals surface area contributed by atoms with Crippen LogP contribution in [0.3, 0.4) is 0 Å². The molecule has 1 amide bonds. The number of hydrogen-bond acceptors (Lipinski definition) is 4. The second-order valence-corrected chi connectivity index (χ2v) is 7.82. The number of nitrogens with one attached hydrogen (secondary N) is 2. The molecule has 150 valence electrons. The van der Waals surface area contributed by atoms with Crippen LogP contribution in [-0.4, -0.2) is 75.1 Å². The number of nitrogens with zero attached hydrogens (tertiary/aromatic N) is 3. The minimum atomic E-state index is 0.107. The van der Waals surface area contributed by atoms with E-state index in [2.05, 4.69) is 26.8 Å². The first-order chi connectivity index (χ1) is 13.1. The second kappa shape index (κ2) is 12.0. The van der Waals surface area contributed by atoms with Crippen LogP contribution in [0, 0.1) is 0 Å². The van der Waals surface area contributed by atoms with E-state index in [0.29, 0.717) is 5.96 Å². The Balaban J connectivity index is 1.68. The van der Waals surface area contributed by atoms with Crippen molar-refractivity contribution in [2.75, 3.05) is 63.2 Å². The molecule has 0 radical (unpaired) electrons. The SMILES string of the molecule is CN=C(NCCCCSC)NCC(=O)N1CCN(c2ccc(Cl)cc2)CC1. The molecule has 1 aromatic carbocycles. The third-order valence-corrected chi connectivity index (χ3v) is 5.47. The van der Waals surface area contributed by atoms with Gasteiger partial charge < -0.3 is 20.4 Å². The molecule has 0 atom stereocenters. The number of guanidine groups is 1. The summed E-state index contributed by atoms with van der Waals surface area (Å²) in [7, 11) is 1.73. The number of unbranched alkanes of at least 4 members (excludes halogenated alkanes) is 1. The van der Waals surface area contributed by atoms with Gasteiger partial charge in [-0.05, 0) is 49.1 Å². The van der Waals surface area contributed by atoms with Crippen molar-refractivity contribution in [3.63, 3.8) is 0 Å². The van der Waals surface area contributed by atoms with E-state index in [1.165, 1.54) is 12.2 Å². The molecule has 1 heterocycles. The number of halogens is 1. The van der Waals surface area contributed by atoms with E-state index < -0.39 is 0 Å². The van der Waals surface area contributed by atoms with Crippen molar-refractivity contribution in [3.8, 4) is 0 Å². The monoisotopic (exact) mass is 411 g/mol. The van der Waals surface area contributed by atoms with Gasteiger partial charge in [0.2, 0.25) is 5.91 Å². The van der Waals surface area contributed by atoms with E-state index in [0.717, 1.165) is 49.9 Å². The van der Waals surface area contributed by atoms with Crippen LogP contribution in [-0.2, 0) is 4.79 Å². The molecule has 1 aromatic rings. The highest BCUT2D eigenvalue weighted by atomic mass is 35.5. The first-order valence-corrected chi connectivity index (χ1v) is 11.1. The summed E-state index contributed by atoms with van der Waals surface area (Å²) in [4.78, 5) is 20.8. The van der Waals surface area contributed by atoms with E-state index in [9.17, 15) is 4.79 Å². The van der Waals surface area contributed by atoms with Gasteiger partial charge in [0.15, 0.2) is 5.96 Å². The first kappa shape index (κ1) is 21.7. The molecule has 0 unspecified atom stereocenters. The Kier molecular flexibility index (Phi) is 9.62. The lowest BCUT2D eigenvalue weighted by Crippen LogP contribution is -2.52. The molecule has 2 rings (SSSR count). The van der Waals surface area contributed by atoms with Gasteiger partial charge in [-0.2, -0.15) is 11.8 Å². The molecule has 8 heteroatoms. The Bertz CT molecular complexity index is 603. The number of anilines is 1. The number of piperazine rings is 1. The van der Waals surface area contributed by atoms with E-state index in [1.807, 2.05) is 40.9 Å². The zero-order valence-electron chi connectivity index (χ0n) is 16.2. The summed E-state index contributed by atoms with van der Waals surface area (Å²) in [5, 5.41) is 7.12. The lowest BCUT2D eigenvalue weighted by Gasteiger charge is -2.36. The molecule has 0 spiro atoms. The number of benzene rings is 1. The van der Waals surface area contributed by atoms with Crippen LogP contribution in [0.5, 0.6) is 0 Å². The molecule has 1 aliphatic rings. The Labute approximate surface area is 171 Å². The molecular formula is C19H30ClN5OS. The molecule has 1 aliphatic heterocycles. The lowest BCUT2D eigenvalue weighted by atomic mass is 10.2. The summed E-state index contributed by atoms with van der Waals surface area (Å²) in [6.07, 6.45) is 4.40. The van der Waals surface area contributed by atoms with Crippen molar-refractivity contribution in [3.05, 3.63) is 29.3 Å². The maximum Gasteiger partial charge on any atom is 0.242 e. The van der Waals surface area contributed by atoms with Crippen LogP contribution < -0.4 is 15.5 Å². The summed E-state index contributed by atoms with van der Waals surface area (Å²) in [6, 6.07) is 7.85. The third-order valence-electron chi connectivity index (χ3n) is 4.52. The predicted molar refractivity (Wildman–Crippen MR) is 117 cm³/mol. The van der Waals surface area contributed by atoms with E-state index >= 15 is 0 Å². The first-order valence-electron chi connectivity index (χ1n) is 9.36. The summed E-state index contributed by atoms with van der Waals surface area (Å²) in [6.45, 7) is 4.25. The van der Waals surface area contributed by atoms with Crippen LogP contribution in [0.15, 0.2) is 29.3 Å². The van der Waals surface area contributed by atoms with Crippen LogP contribution in [0.1, 0.15) is 12.8 Å². The predicted octanol–water partition coefficient (Wildman–Crippen LogP) is 2.30. The van der Waals surface area contributed by atoms with Crippen molar-refractivity contribution >= 4 is 40.9 Å². The zero-order chi connectivity index (χ0) is 19.5. The van der Waals surface area contributed by atoms with Crippen molar-refractivity contribution < 1.29 is 4.79 Å². The topological polar surface area (TPSA) is 60.0 Å². The average Bonchev–Trinajstić information content (AvgIpc) is 2.70. The number of aliphatic imine (C=N–C) groups is 1. The van der Waals surface area contributed by atoms with Gasteiger partial charge in [0, 0.05) is 50.5 Å². The summed E-state index contributed by atoms with van der Waals surface area (Å²) >= 11 is 7.81. The molecule has 0 aliphatic carbocycles. The van der Waals surface area contributed by atoms with Crippen LogP contribution in [0.4, 0.5) is 5.69 Å². The van der Waals surface area contributed by atoms with Crippen LogP contribution in [0.25, 0.3) is 0 Å². The van der Waals surface area contributed by atoms with Crippen molar-refractivity contribution in [2.45, 2.75) is 12.8 Å². The average molecular weight is 412 g/mol. The molecule has 0 bridgehead atoms. The van der Waals surface area contributed by atoms with Crippen molar-refractivity contribution in [2.24, 2.45) is 4.99 Å². The van der Waals surface area contributed by atoms with Gasteiger partial charge in [0.1, 0.15) is 0 Å². The highest BCUT2D eigenvalue weighted by molar-refractivity contribution is 7.98. The van der Waals surface area contributed by atoms with Gasteiger partial charge in [-0.25, -0.2) is 0 Å². The number of carbonyl (C=O) groups excluding carboxylic acids is 1. The zero-order valence-corrected chi connectivity index (χ0v) is 17.8. The van der Waals surface area contributed by atoms with Crippen LogP contribution >= 0.6 is 23.4 Å². The number of amides is 1. The van der Waals surface area contributed by atoms with Crippen molar-refractivity contribution in [1.29, 1.82) is 0 Å². The molecule has 0 aromatic heterocycles. The number of thioether (sulfide) groups is 1. The standard InChI is InChI=1S/C19H30ClN5OS/c1-21-19(22-9-3-4-14-27-2)23-15-18(26)25-12-10-24(11-13-25)17-7-5-16(20)6-8-17/h5-8H,3-4,9-15H2,1-2H3,(H2,21,22,23). The Hall–Kier alpha value is -1.60. The normalized spacial score (nSPS) is 15.0. The van der Waals surface area contributed by atoms with Gasteiger partial charge in [-0.1, -0.05) is 11.6 Å². The van der Waals surface area contributed by atoms with E-state index in [4.69, 9.17) is 11.6 Å². The second-order valence-electron chi connectivity index (χ2n) is 6.40.